The van der Waals surface area contributed by atoms with Gasteiger partial charge in [-0.15, -0.1) is 0 Å². The van der Waals surface area contributed by atoms with Crippen molar-refractivity contribution >= 4 is 5.97 Å². The molecule has 30 heavy (non-hydrogen) atoms. The molecule has 0 unspecified atom stereocenters. The van der Waals surface area contributed by atoms with E-state index in [9.17, 15) is 9.90 Å². The lowest BCUT2D eigenvalue weighted by Gasteiger charge is -2.63. The Morgan fingerprint density at radius 2 is 1.90 bits per heavy atom. The normalized spacial score (nSPS) is 48.0. The molecule has 4 aliphatic carbocycles. The second kappa shape index (κ2) is 8.39. The molecular weight excluding hydrogens is 374 g/mol. The summed E-state index contributed by atoms with van der Waals surface area (Å²) in [5, 5.41) is 14.4. The van der Waals surface area contributed by atoms with Gasteiger partial charge < -0.3 is 15.2 Å². The minimum absolute atomic E-state index is 0.0140. The molecule has 4 fully saturated rings. The number of nitrogens with one attached hydrogen (secondary N) is 1. The summed E-state index contributed by atoms with van der Waals surface area (Å²) in [6.45, 7) is 10.6. The third kappa shape index (κ3) is 3.64. The zero-order valence-corrected chi connectivity index (χ0v) is 20.0. The molecule has 0 heterocycles. The van der Waals surface area contributed by atoms with E-state index >= 15 is 0 Å². The van der Waals surface area contributed by atoms with Crippen molar-refractivity contribution in [2.75, 3.05) is 13.7 Å². The molecule has 0 aliphatic heterocycles. The van der Waals surface area contributed by atoms with Crippen LogP contribution in [0.4, 0.5) is 0 Å². The van der Waals surface area contributed by atoms with Crippen LogP contribution in [0.2, 0.25) is 0 Å². The predicted octanol–water partition coefficient (Wildman–Crippen LogP) is 4.79. The second-order valence-corrected chi connectivity index (χ2v) is 12.1. The molecule has 0 aromatic carbocycles. The van der Waals surface area contributed by atoms with Gasteiger partial charge in [-0.1, -0.05) is 27.7 Å². The molecule has 4 nitrogen and oxygen atoms in total. The zero-order chi connectivity index (χ0) is 21.7. The van der Waals surface area contributed by atoms with E-state index in [2.05, 4.69) is 33.0 Å². The molecule has 4 heteroatoms. The SMILES string of the molecule is COC(=O)[C@H]1CC[C@H]2[C@@H]3CC[C@H]4C[C@H](O)CC[C@]4(C)[C@H]3[C@H](NCCC(C)C)C[C@]12C. The van der Waals surface area contributed by atoms with E-state index in [1.807, 2.05) is 0 Å². The standard InChI is InChI=1S/C26H45NO3/c1-16(2)11-13-27-22-15-26(4)20(8-9-21(26)24(29)30-5)19-7-6-17-14-18(28)10-12-25(17,3)23(19)22/h16-23,27-28H,6-15H2,1-5H3/t17-,18+,19-,20-,21+,22+,23+,25-,26-/m0/s1. The summed E-state index contributed by atoms with van der Waals surface area (Å²) in [5.74, 6) is 3.44. The highest BCUT2D eigenvalue weighted by atomic mass is 16.5. The second-order valence-electron chi connectivity index (χ2n) is 12.1. The van der Waals surface area contributed by atoms with Crippen molar-refractivity contribution in [2.24, 2.45) is 46.3 Å². The lowest BCUT2D eigenvalue weighted by atomic mass is 9.43. The monoisotopic (exact) mass is 419 g/mol. The van der Waals surface area contributed by atoms with Gasteiger partial charge in [-0.05, 0) is 105 Å². The summed E-state index contributed by atoms with van der Waals surface area (Å²) in [5.41, 5.74) is 0.378. The number of fused-ring (bicyclic) bond motifs is 5. The Morgan fingerprint density at radius 3 is 2.60 bits per heavy atom. The van der Waals surface area contributed by atoms with Crippen LogP contribution in [-0.4, -0.2) is 36.9 Å². The maximum absolute atomic E-state index is 12.7. The van der Waals surface area contributed by atoms with E-state index in [-0.39, 0.29) is 23.4 Å². The van der Waals surface area contributed by atoms with Crippen molar-refractivity contribution in [1.29, 1.82) is 0 Å². The lowest BCUT2D eigenvalue weighted by Crippen LogP contribution is -2.62. The van der Waals surface area contributed by atoms with Gasteiger partial charge in [-0.25, -0.2) is 0 Å². The van der Waals surface area contributed by atoms with Crippen molar-refractivity contribution in [3.8, 4) is 0 Å². The fourth-order valence-corrected chi connectivity index (χ4v) is 8.70. The van der Waals surface area contributed by atoms with Crippen LogP contribution in [0, 0.1) is 46.3 Å². The van der Waals surface area contributed by atoms with Crippen molar-refractivity contribution < 1.29 is 14.6 Å². The molecule has 0 aromatic heterocycles. The van der Waals surface area contributed by atoms with E-state index in [1.165, 1.54) is 25.7 Å². The largest absolute Gasteiger partial charge is 0.469 e. The highest BCUT2D eigenvalue weighted by Gasteiger charge is 2.64. The summed E-state index contributed by atoms with van der Waals surface area (Å²) >= 11 is 0. The molecule has 0 amide bonds. The van der Waals surface area contributed by atoms with Crippen LogP contribution in [-0.2, 0) is 9.53 Å². The van der Waals surface area contributed by atoms with Gasteiger partial charge in [0, 0.05) is 6.04 Å². The van der Waals surface area contributed by atoms with Crippen molar-refractivity contribution in [3.05, 3.63) is 0 Å². The van der Waals surface area contributed by atoms with Crippen molar-refractivity contribution in [1.82, 2.24) is 5.32 Å². The molecular formula is C26H45NO3. The molecule has 9 atom stereocenters. The van der Waals surface area contributed by atoms with Crippen LogP contribution in [0.15, 0.2) is 0 Å². The maximum Gasteiger partial charge on any atom is 0.309 e. The minimum atomic E-state index is -0.101. The Bertz CT molecular complexity index is 636. The predicted molar refractivity (Wildman–Crippen MR) is 120 cm³/mol. The average molecular weight is 420 g/mol. The number of hydrogen-bond donors (Lipinski definition) is 2. The quantitative estimate of drug-likeness (QED) is 0.629. The molecule has 0 aromatic rings. The summed E-state index contributed by atoms with van der Waals surface area (Å²) < 4.78 is 5.26. The Balaban J connectivity index is 1.65. The number of carbonyl (C=O) groups excluding carboxylic acids is 1. The van der Waals surface area contributed by atoms with Gasteiger partial charge in [-0.3, -0.25) is 4.79 Å². The number of hydrogen-bond acceptors (Lipinski definition) is 4. The molecule has 2 N–H and O–H groups in total. The number of aliphatic hydroxyl groups is 1. The van der Waals surface area contributed by atoms with Crippen LogP contribution < -0.4 is 5.32 Å². The Kier molecular flexibility index (Phi) is 6.31. The zero-order valence-electron chi connectivity index (χ0n) is 20.0. The number of carbonyl (C=O) groups is 1. The first-order valence-corrected chi connectivity index (χ1v) is 12.7. The van der Waals surface area contributed by atoms with Crippen LogP contribution in [0.1, 0.15) is 85.5 Å². The molecule has 4 rings (SSSR count). The van der Waals surface area contributed by atoms with E-state index in [1.54, 1.807) is 7.11 Å². The number of esters is 1. The van der Waals surface area contributed by atoms with E-state index in [0.717, 1.165) is 38.6 Å². The smallest absolute Gasteiger partial charge is 0.309 e. The minimum Gasteiger partial charge on any atom is -0.469 e. The molecule has 4 aliphatic rings. The van der Waals surface area contributed by atoms with Gasteiger partial charge in [0.15, 0.2) is 0 Å². The Labute approximate surface area is 183 Å². The van der Waals surface area contributed by atoms with Gasteiger partial charge in [0.05, 0.1) is 19.1 Å². The third-order valence-electron chi connectivity index (χ3n) is 10.2. The van der Waals surface area contributed by atoms with Gasteiger partial charge in [-0.2, -0.15) is 0 Å². The van der Waals surface area contributed by atoms with Crippen LogP contribution >= 0.6 is 0 Å². The first-order chi connectivity index (χ1) is 14.2. The Morgan fingerprint density at radius 1 is 1.13 bits per heavy atom. The first kappa shape index (κ1) is 22.6. The molecule has 4 saturated carbocycles. The van der Waals surface area contributed by atoms with Gasteiger partial charge in [0.25, 0.3) is 0 Å². The molecule has 0 spiro atoms. The van der Waals surface area contributed by atoms with Gasteiger partial charge in [0.1, 0.15) is 0 Å². The van der Waals surface area contributed by atoms with Gasteiger partial charge >= 0.3 is 5.97 Å². The van der Waals surface area contributed by atoms with Crippen molar-refractivity contribution in [3.63, 3.8) is 0 Å². The fourth-order valence-electron chi connectivity index (χ4n) is 8.70. The summed E-state index contributed by atoms with van der Waals surface area (Å²) in [6.07, 6.45) is 10.0. The highest BCUT2D eigenvalue weighted by molar-refractivity contribution is 5.74. The van der Waals surface area contributed by atoms with Gasteiger partial charge in [0.2, 0.25) is 0 Å². The third-order valence-corrected chi connectivity index (χ3v) is 10.2. The van der Waals surface area contributed by atoms with Crippen LogP contribution in [0.5, 0.6) is 0 Å². The average Bonchev–Trinajstić information content (AvgIpc) is 3.04. The molecule has 172 valence electrons. The van der Waals surface area contributed by atoms with E-state index < -0.39 is 0 Å². The lowest BCUT2D eigenvalue weighted by molar-refractivity contribution is -0.161. The Hall–Kier alpha value is -0.610. The van der Waals surface area contributed by atoms with Crippen LogP contribution in [0.3, 0.4) is 0 Å². The number of rotatable bonds is 5. The number of ether oxygens (including phenoxy) is 1. The van der Waals surface area contributed by atoms with E-state index in [4.69, 9.17) is 4.74 Å². The summed E-state index contributed by atoms with van der Waals surface area (Å²) in [4.78, 5) is 12.7. The maximum atomic E-state index is 12.7. The van der Waals surface area contributed by atoms with Crippen LogP contribution in [0.25, 0.3) is 0 Å². The topological polar surface area (TPSA) is 58.6 Å². The number of aliphatic hydroxyl groups excluding tert-OH is 1. The fraction of sp³-hybridized carbons (Fsp3) is 0.962. The molecule has 0 saturated heterocycles. The number of methoxy groups -OCH3 is 1. The summed E-state index contributed by atoms with van der Waals surface area (Å²) in [6, 6.07) is 0.475. The summed E-state index contributed by atoms with van der Waals surface area (Å²) in [7, 11) is 1.56. The first-order valence-electron chi connectivity index (χ1n) is 12.7. The molecule has 0 radical (unpaired) electrons. The highest BCUT2D eigenvalue weighted by Crippen LogP contribution is 2.67. The molecule has 0 bridgehead atoms. The van der Waals surface area contributed by atoms with E-state index in [0.29, 0.717) is 41.0 Å². The van der Waals surface area contributed by atoms with Crippen molar-refractivity contribution in [2.45, 2.75) is 97.6 Å².